The number of rotatable bonds is 6. The first-order valence-corrected chi connectivity index (χ1v) is 6.57. The van der Waals surface area contributed by atoms with Crippen LogP contribution in [0.1, 0.15) is 12.0 Å². The van der Waals surface area contributed by atoms with Crippen molar-refractivity contribution in [2.45, 2.75) is 25.0 Å². The van der Waals surface area contributed by atoms with E-state index in [9.17, 15) is 13.6 Å². The minimum Gasteiger partial charge on any atom is -0.375 e. The molecule has 0 spiro atoms. The number of amides is 1. The van der Waals surface area contributed by atoms with Gasteiger partial charge in [-0.3, -0.25) is 10.1 Å². The van der Waals surface area contributed by atoms with Gasteiger partial charge in [-0.15, -0.1) is 12.4 Å². The van der Waals surface area contributed by atoms with Gasteiger partial charge in [0.25, 0.3) is 5.92 Å². The Morgan fingerprint density at radius 2 is 2.10 bits per heavy atom. The highest BCUT2D eigenvalue weighted by Crippen LogP contribution is 2.24. The van der Waals surface area contributed by atoms with Gasteiger partial charge in [0, 0.05) is 13.0 Å². The molecule has 1 unspecified atom stereocenters. The van der Waals surface area contributed by atoms with Crippen LogP contribution in [0.3, 0.4) is 0 Å². The average molecular weight is 321 g/mol. The maximum absolute atomic E-state index is 12.9. The van der Waals surface area contributed by atoms with E-state index in [2.05, 4.69) is 10.6 Å². The molecule has 4 nitrogen and oxygen atoms in total. The average Bonchev–Trinajstić information content (AvgIpc) is 2.80. The van der Waals surface area contributed by atoms with E-state index < -0.39 is 30.8 Å². The van der Waals surface area contributed by atoms with Gasteiger partial charge in [0.1, 0.15) is 0 Å². The number of carbonyl (C=O) groups is 1. The Hall–Kier alpha value is -1.24. The van der Waals surface area contributed by atoms with E-state index in [4.69, 9.17) is 4.74 Å². The third-order valence-electron chi connectivity index (χ3n) is 3.08. The fraction of sp³-hybridized carbons (Fsp3) is 0.500. The molecule has 1 atom stereocenters. The number of benzene rings is 1. The first-order valence-electron chi connectivity index (χ1n) is 6.57. The van der Waals surface area contributed by atoms with Gasteiger partial charge in [-0.25, -0.2) is 8.78 Å². The maximum atomic E-state index is 12.9. The van der Waals surface area contributed by atoms with Crippen LogP contribution in [-0.4, -0.2) is 37.6 Å². The van der Waals surface area contributed by atoms with E-state index in [1.165, 1.54) is 0 Å². The molecule has 21 heavy (non-hydrogen) atoms. The number of ether oxygens (including phenoxy) is 1. The second kappa shape index (κ2) is 8.26. The van der Waals surface area contributed by atoms with Gasteiger partial charge in [-0.2, -0.15) is 0 Å². The van der Waals surface area contributed by atoms with Crippen molar-refractivity contribution >= 4 is 18.3 Å². The van der Waals surface area contributed by atoms with E-state index in [-0.39, 0.29) is 12.4 Å². The molecule has 1 fully saturated rings. The second-order valence-corrected chi connectivity index (χ2v) is 4.82. The summed E-state index contributed by atoms with van der Waals surface area (Å²) in [5.74, 6) is -3.18. The van der Waals surface area contributed by atoms with Crippen molar-refractivity contribution < 1.29 is 18.3 Å². The molecule has 0 aromatic heterocycles. The SMILES string of the molecule is Cl.O=C(NCCOCc1ccccc1)C1CC(F)(F)CN1. The summed E-state index contributed by atoms with van der Waals surface area (Å²) in [6.07, 6.45) is -0.441. The summed E-state index contributed by atoms with van der Waals surface area (Å²) in [4.78, 5) is 11.6. The molecule has 0 aliphatic carbocycles. The summed E-state index contributed by atoms with van der Waals surface area (Å²) in [6.45, 7) is 0.700. The predicted octanol–water partition coefficient (Wildman–Crippen LogP) is 1.74. The van der Waals surface area contributed by atoms with Gasteiger partial charge in [-0.05, 0) is 5.56 Å². The molecule has 0 saturated carbocycles. The zero-order chi connectivity index (χ0) is 14.4. The lowest BCUT2D eigenvalue weighted by Gasteiger charge is -2.11. The van der Waals surface area contributed by atoms with E-state index in [0.29, 0.717) is 19.8 Å². The summed E-state index contributed by atoms with van der Waals surface area (Å²) < 4.78 is 31.2. The van der Waals surface area contributed by atoms with Crippen LogP contribution in [0.2, 0.25) is 0 Å². The van der Waals surface area contributed by atoms with Crippen LogP contribution in [0, 0.1) is 0 Å². The van der Waals surface area contributed by atoms with Gasteiger partial charge >= 0.3 is 0 Å². The van der Waals surface area contributed by atoms with Crippen LogP contribution in [0.15, 0.2) is 30.3 Å². The van der Waals surface area contributed by atoms with Gasteiger partial charge in [0.2, 0.25) is 5.91 Å². The van der Waals surface area contributed by atoms with Crippen LogP contribution in [0.4, 0.5) is 8.78 Å². The van der Waals surface area contributed by atoms with Crippen molar-refractivity contribution in [3.8, 4) is 0 Å². The molecular formula is C14H19ClF2N2O2. The van der Waals surface area contributed by atoms with Gasteiger partial charge in [0.15, 0.2) is 0 Å². The summed E-state index contributed by atoms with van der Waals surface area (Å²) in [7, 11) is 0. The molecular weight excluding hydrogens is 302 g/mol. The number of hydrogen-bond donors (Lipinski definition) is 2. The lowest BCUT2D eigenvalue weighted by Crippen LogP contribution is -2.41. The highest BCUT2D eigenvalue weighted by molar-refractivity contribution is 5.85. The van der Waals surface area contributed by atoms with Gasteiger partial charge in [0.05, 0.1) is 25.8 Å². The van der Waals surface area contributed by atoms with Crippen molar-refractivity contribution in [2.75, 3.05) is 19.7 Å². The number of hydrogen-bond acceptors (Lipinski definition) is 3. The standard InChI is InChI=1S/C14H18F2N2O2.ClH/c15-14(16)8-12(18-10-14)13(19)17-6-7-20-9-11-4-2-1-3-5-11;/h1-5,12,18H,6-10H2,(H,17,19);1H. The Balaban J connectivity index is 0.00000220. The molecule has 2 rings (SSSR count). The predicted molar refractivity (Wildman–Crippen MR) is 77.7 cm³/mol. The fourth-order valence-corrected chi connectivity index (χ4v) is 2.03. The minimum atomic E-state index is -2.79. The zero-order valence-corrected chi connectivity index (χ0v) is 12.3. The highest BCUT2D eigenvalue weighted by Gasteiger charge is 2.42. The van der Waals surface area contributed by atoms with Crippen molar-refractivity contribution in [1.29, 1.82) is 0 Å². The lowest BCUT2D eigenvalue weighted by molar-refractivity contribution is -0.123. The van der Waals surface area contributed by atoms with Crippen LogP contribution < -0.4 is 10.6 Å². The van der Waals surface area contributed by atoms with Crippen LogP contribution in [0.5, 0.6) is 0 Å². The minimum absolute atomic E-state index is 0. The summed E-state index contributed by atoms with van der Waals surface area (Å²) >= 11 is 0. The number of carbonyl (C=O) groups excluding carboxylic acids is 1. The number of alkyl halides is 2. The Bertz CT molecular complexity index is 446. The Labute approximate surface area is 128 Å². The van der Waals surface area contributed by atoms with Crippen molar-refractivity contribution in [1.82, 2.24) is 10.6 Å². The molecule has 1 amide bonds. The molecule has 0 radical (unpaired) electrons. The Kier molecular flexibility index (Phi) is 7.01. The van der Waals surface area contributed by atoms with Crippen LogP contribution >= 0.6 is 12.4 Å². The first-order chi connectivity index (χ1) is 9.57. The van der Waals surface area contributed by atoms with Crippen molar-refractivity contribution in [3.63, 3.8) is 0 Å². The molecule has 1 aliphatic rings. The third-order valence-corrected chi connectivity index (χ3v) is 3.08. The van der Waals surface area contributed by atoms with Gasteiger partial charge in [-0.1, -0.05) is 30.3 Å². The zero-order valence-electron chi connectivity index (χ0n) is 11.5. The molecule has 1 aromatic carbocycles. The molecule has 1 aromatic rings. The number of nitrogens with one attached hydrogen (secondary N) is 2. The van der Waals surface area contributed by atoms with Crippen molar-refractivity contribution in [3.05, 3.63) is 35.9 Å². The fourth-order valence-electron chi connectivity index (χ4n) is 2.03. The van der Waals surface area contributed by atoms with E-state index >= 15 is 0 Å². The summed E-state index contributed by atoms with van der Waals surface area (Å²) in [6, 6.07) is 8.86. The summed E-state index contributed by atoms with van der Waals surface area (Å²) in [5, 5.41) is 5.10. The molecule has 1 heterocycles. The quantitative estimate of drug-likeness (QED) is 0.785. The maximum Gasteiger partial charge on any atom is 0.262 e. The van der Waals surface area contributed by atoms with Crippen molar-refractivity contribution in [2.24, 2.45) is 0 Å². The molecule has 1 saturated heterocycles. The monoisotopic (exact) mass is 320 g/mol. The molecule has 7 heteroatoms. The second-order valence-electron chi connectivity index (χ2n) is 4.82. The van der Waals surface area contributed by atoms with E-state index in [0.717, 1.165) is 5.56 Å². The van der Waals surface area contributed by atoms with Crippen LogP contribution in [0.25, 0.3) is 0 Å². The van der Waals surface area contributed by atoms with E-state index in [1.807, 2.05) is 30.3 Å². The third kappa shape index (κ3) is 5.95. The Morgan fingerprint density at radius 3 is 2.71 bits per heavy atom. The topological polar surface area (TPSA) is 50.4 Å². The largest absolute Gasteiger partial charge is 0.375 e. The molecule has 1 aliphatic heterocycles. The molecule has 118 valence electrons. The lowest BCUT2D eigenvalue weighted by atomic mass is 10.2. The normalized spacial score (nSPS) is 19.8. The first kappa shape index (κ1) is 17.8. The number of halogens is 3. The highest BCUT2D eigenvalue weighted by atomic mass is 35.5. The molecule has 2 N–H and O–H groups in total. The van der Waals surface area contributed by atoms with E-state index in [1.54, 1.807) is 0 Å². The van der Waals surface area contributed by atoms with Crippen LogP contribution in [-0.2, 0) is 16.1 Å². The summed E-state index contributed by atoms with van der Waals surface area (Å²) in [5.41, 5.74) is 1.05. The smallest absolute Gasteiger partial charge is 0.262 e. The molecule has 0 bridgehead atoms. The van der Waals surface area contributed by atoms with Gasteiger partial charge < -0.3 is 10.1 Å². The Morgan fingerprint density at radius 1 is 1.38 bits per heavy atom.